The average molecular weight is 575 g/mol. The van der Waals surface area contributed by atoms with Gasteiger partial charge in [-0.05, 0) is 41.8 Å². The van der Waals surface area contributed by atoms with Crippen molar-refractivity contribution in [1.82, 2.24) is 30.1 Å². The van der Waals surface area contributed by atoms with E-state index in [0.717, 1.165) is 42.3 Å². The van der Waals surface area contributed by atoms with Gasteiger partial charge in [-0.15, -0.1) is 16.4 Å². The molecule has 1 aliphatic rings. The number of carbonyl (C=O) groups is 2. The van der Waals surface area contributed by atoms with E-state index in [0.29, 0.717) is 29.5 Å². The minimum atomic E-state index is -1.03. The van der Waals surface area contributed by atoms with Crippen LogP contribution in [0.15, 0.2) is 57.4 Å². The lowest BCUT2D eigenvalue weighted by Crippen LogP contribution is -2.33. The highest BCUT2D eigenvalue weighted by Crippen LogP contribution is 2.26. The lowest BCUT2D eigenvalue weighted by Gasteiger charge is -2.22. The minimum Gasteiger partial charge on any atom is -0.476 e. The number of thioether (sulfide) groups is 2. The first-order valence-corrected chi connectivity index (χ1v) is 15.3. The van der Waals surface area contributed by atoms with E-state index in [4.69, 9.17) is 5.11 Å². The quantitative estimate of drug-likeness (QED) is 0.155. The maximum absolute atomic E-state index is 12.3. The highest BCUT2D eigenvalue weighted by Gasteiger charge is 2.28. The molecule has 0 bridgehead atoms. The number of benzene rings is 1. The summed E-state index contributed by atoms with van der Waals surface area (Å²) in [4.78, 5) is 29.2. The molecule has 1 aromatic carbocycles. The molecule has 2 atom stereocenters. The third-order valence-electron chi connectivity index (χ3n) is 6.01. The Morgan fingerprint density at radius 2 is 2.03 bits per heavy atom. The lowest BCUT2D eigenvalue weighted by atomic mass is 10.1. The van der Waals surface area contributed by atoms with Gasteiger partial charge in [-0.1, -0.05) is 66.7 Å². The number of aliphatic hydroxyl groups excluding tert-OH is 1. The van der Waals surface area contributed by atoms with Crippen molar-refractivity contribution in [3.63, 3.8) is 0 Å². The van der Waals surface area contributed by atoms with Gasteiger partial charge in [-0.25, -0.2) is 9.78 Å². The summed E-state index contributed by atoms with van der Waals surface area (Å²) in [5, 5.41) is 33.7. The van der Waals surface area contributed by atoms with Gasteiger partial charge in [-0.3, -0.25) is 4.79 Å². The third-order valence-corrected chi connectivity index (χ3v) is 9.01. The lowest BCUT2D eigenvalue weighted by molar-refractivity contribution is -0.128. The number of aromatic nitrogens is 5. The Hall–Kier alpha value is -2.74. The van der Waals surface area contributed by atoms with Crippen molar-refractivity contribution in [2.24, 2.45) is 0 Å². The van der Waals surface area contributed by atoms with Crippen LogP contribution in [0.5, 0.6) is 0 Å². The minimum absolute atomic E-state index is 0.0180. The van der Waals surface area contributed by atoms with Crippen LogP contribution >= 0.6 is 34.9 Å². The summed E-state index contributed by atoms with van der Waals surface area (Å²) in [6, 6.07) is 9.78. The summed E-state index contributed by atoms with van der Waals surface area (Å²) in [6.07, 6.45) is 8.05. The predicted molar refractivity (Wildman–Crippen MR) is 148 cm³/mol. The molecular weight excluding hydrogens is 545 g/mol. The number of tetrazole rings is 1. The van der Waals surface area contributed by atoms with E-state index in [-0.39, 0.29) is 17.6 Å². The van der Waals surface area contributed by atoms with Crippen molar-refractivity contribution in [2.75, 3.05) is 18.1 Å². The zero-order chi connectivity index (χ0) is 26.7. The van der Waals surface area contributed by atoms with Gasteiger partial charge in [0.05, 0.1) is 17.8 Å². The van der Waals surface area contributed by atoms with Gasteiger partial charge in [0.1, 0.15) is 0 Å². The van der Waals surface area contributed by atoms with Gasteiger partial charge in [0.2, 0.25) is 11.1 Å². The molecule has 3 aromatic rings. The second kappa shape index (κ2) is 14.4. The summed E-state index contributed by atoms with van der Waals surface area (Å²) in [5.74, 6) is 0.610. The fraction of sp³-hybridized carbons (Fsp3) is 0.440. The van der Waals surface area contributed by atoms with Crippen molar-refractivity contribution in [1.29, 1.82) is 0 Å². The summed E-state index contributed by atoms with van der Waals surface area (Å²) >= 11 is 4.37. The van der Waals surface area contributed by atoms with Crippen LogP contribution in [0.3, 0.4) is 0 Å². The number of unbranched alkanes of at least 4 members (excludes halogenated alkanes) is 2. The van der Waals surface area contributed by atoms with E-state index in [2.05, 4.69) is 20.5 Å². The molecule has 1 aliphatic heterocycles. The van der Waals surface area contributed by atoms with E-state index in [1.807, 2.05) is 47.4 Å². The smallest absolute Gasteiger partial charge is 0.355 e. The molecule has 1 amide bonds. The second-order valence-electron chi connectivity index (χ2n) is 8.70. The molecule has 2 N–H and O–H groups in total. The summed E-state index contributed by atoms with van der Waals surface area (Å²) in [6.45, 7) is 0.557. The van der Waals surface area contributed by atoms with E-state index >= 15 is 0 Å². The molecule has 0 radical (unpaired) electrons. The van der Waals surface area contributed by atoms with Crippen molar-refractivity contribution >= 4 is 46.7 Å². The number of thiazole rings is 1. The maximum atomic E-state index is 12.3. The largest absolute Gasteiger partial charge is 0.476 e. The topological polar surface area (TPSA) is 134 Å². The van der Waals surface area contributed by atoms with Gasteiger partial charge in [0.25, 0.3) is 0 Å². The Bertz CT molecular complexity index is 1220. The molecule has 2 aromatic heterocycles. The standard InChI is InChI=1S/C25H30N6O4S3/c32-20(9-5-2-6-15-36-24-27-28-29-31(24)19-7-3-1-4-8-19)12-10-18-11-13-22(33)30(18)14-16-37-25-26-21(17-38-25)23(34)35/h1,3-4,7-8,10,12,17-18,20,32H,2,5-6,9,11,13-16H2,(H,34,35)/b12-10+/t18-,20-/m0/s1. The molecule has 10 nitrogen and oxygen atoms in total. The first kappa shape index (κ1) is 28.3. The highest BCUT2D eigenvalue weighted by atomic mass is 32.2. The molecule has 0 saturated carbocycles. The van der Waals surface area contributed by atoms with Crippen molar-refractivity contribution < 1.29 is 19.8 Å². The molecule has 1 fully saturated rings. The summed E-state index contributed by atoms with van der Waals surface area (Å²) < 4.78 is 2.42. The SMILES string of the molecule is O=C(O)c1csc(SCCN2C(=O)CC[C@@H]2/C=C/[C@@H](O)CCCCCSc2nnnn2-c2ccccc2)n1. The Kier molecular flexibility index (Phi) is 10.7. The number of hydrogen-bond donors (Lipinski definition) is 2. The van der Waals surface area contributed by atoms with Crippen LogP contribution in [0.1, 0.15) is 49.0 Å². The Labute approximate surface area is 233 Å². The van der Waals surface area contributed by atoms with Crippen LogP contribution in [0.2, 0.25) is 0 Å². The van der Waals surface area contributed by atoms with Crippen molar-refractivity contribution in [2.45, 2.75) is 60.2 Å². The molecule has 0 unspecified atom stereocenters. The monoisotopic (exact) mass is 574 g/mol. The van der Waals surface area contributed by atoms with Gasteiger partial charge in [0, 0.05) is 29.9 Å². The molecule has 1 saturated heterocycles. The second-order valence-corrected chi connectivity index (χ2v) is 12.0. The molecule has 0 aliphatic carbocycles. The van der Waals surface area contributed by atoms with Crippen molar-refractivity contribution in [3.05, 3.63) is 53.6 Å². The molecule has 0 spiro atoms. The zero-order valence-electron chi connectivity index (χ0n) is 20.8. The Morgan fingerprint density at radius 1 is 1.18 bits per heavy atom. The van der Waals surface area contributed by atoms with Gasteiger partial charge in [0.15, 0.2) is 10.0 Å². The first-order chi connectivity index (χ1) is 18.5. The average Bonchev–Trinajstić information content (AvgIpc) is 3.66. The highest BCUT2D eigenvalue weighted by molar-refractivity contribution is 8.01. The van der Waals surface area contributed by atoms with Crippen LogP contribution in [0.25, 0.3) is 5.69 Å². The first-order valence-electron chi connectivity index (χ1n) is 12.5. The summed E-state index contributed by atoms with van der Waals surface area (Å²) in [5.41, 5.74) is 0.984. The molecular formula is C25H30N6O4S3. The number of likely N-dealkylation sites (tertiary alicyclic amines) is 1. The number of amides is 1. The number of carbonyl (C=O) groups excluding carboxylic acids is 1. The number of aromatic carboxylic acids is 1. The predicted octanol–water partition coefficient (Wildman–Crippen LogP) is 4.17. The maximum Gasteiger partial charge on any atom is 0.355 e. The molecule has 4 rings (SSSR count). The van der Waals surface area contributed by atoms with Crippen LogP contribution in [0.4, 0.5) is 0 Å². The summed E-state index contributed by atoms with van der Waals surface area (Å²) in [7, 11) is 0. The van der Waals surface area contributed by atoms with Crippen molar-refractivity contribution in [3.8, 4) is 5.69 Å². The normalized spacial score (nSPS) is 16.5. The van der Waals surface area contributed by atoms with Crippen LogP contribution in [-0.4, -0.2) is 82.4 Å². The molecule has 13 heteroatoms. The van der Waals surface area contributed by atoms with E-state index < -0.39 is 12.1 Å². The van der Waals surface area contributed by atoms with Gasteiger partial charge < -0.3 is 15.1 Å². The van der Waals surface area contributed by atoms with E-state index in [1.165, 1.54) is 28.5 Å². The Balaban J connectivity index is 1.12. The Morgan fingerprint density at radius 3 is 2.82 bits per heavy atom. The zero-order valence-corrected chi connectivity index (χ0v) is 23.2. The van der Waals surface area contributed by atoms with Crippen LogP contribution < -0.4 is 0 Å². The number of carboxylic acids is 1. The number of para-hydroxylation sites is 1. The number of rotatable bonds is 15. The fourth-order valence-electron chi connectivity index (χ4n) is 4.05. The molecule has 3 heterocycles. The molecule has 38 heavy (non-hydrogen) atoms. The fourth-order valence-corrected chi connectivity index (χ4v) is 6.75. The number of hydrogen-bond acceptors (Lipinski definition) is 10. The van der Waals surface area contributed by atoms with Crippen LogP contribution in [-0.2, 0) is 4.79 Å². The van der Waals surface area contributed by atoms with Crippen LogP contribution in [0, 0.1) is 0 Å². The number of nitrogens with zero attached hydrogens (tertiary/aromatic N) is 6. The van der Waals surface area contributed by atoms with Gasteiger partial charge >= 0.3 is 5.97 Å². The van der Waals surface area contributed by atoms with E-state index in [9.17, 15) is 14.7 Å². The molecule has 202 valence electrons. The number of carboxylic acid groups (broad SMARTS) is 1. The third kappa shape index (κ3) is 8.13. The van der Waals surface area contributed by atoms with Gasteiger partial charge in [-0.2, -0.15) is 4.68 Å². The number of aliphatic hydroxyl groups is 1. The van der Waals surface area contributed by atoms with E-state index in [1.54, 1.807) is 16.4 Å².